The van der Waals surface area contributed by atoms with Crippen LogP contribution in [0.4, 0.5) is 0 Å². The standard InChI is InChI=1S/C13H24N2S/c1-16-13(8-4-5-9-13)11-15-12-7-3-2-6-10-14-12/h2-11H2,1H3,(H,14,15). The number of hydrogen-bond donors (Lipinski definition) is 1. The summed E-state index contributed by atoms with van der Waals surface area (Å²) in [6.45, 7) is 2.17. The SMILES string of the molecule is CSC1(CNC2=NCCCCC2)CCCC1. The van der Waals surface area contributed by atoms with Gasteiger partial charge in [0.2, 0.25) is 0 Å². The quantitative estimate of drug-likeness (QED) is 0.819. The molecule has 1 N–H and O–H groups in total. The van der Waals surface area contributed by atoms with Crippen LogP contribution in [0.3, 0.4) is 0 Å². The fourth-order valence-electron chi connectivity index (χ4n) is 2.75. The van der Waals surface area contributed by atoms with Gasteiger partial charge in [-0.2, -0.15) is 11.8 Å². The first-order valence-corrected chi connectivity index (χ1v) is 7.89. The van der Waals surface area contributed by atoms with Gasteiger partial charge in [0.1, 0.15) is 0 Å². The van der Waals surface area contributed by atoms with Crippen LogP contribution in [0.1, 0.15) is 51.4 Å². The number of amidine groups is 1. The van der Waals surface area contributed by atoms with Crippen LogP contribution in [0.5, 0.6) is 0 Å². The normalized spacial score (nSPS) is 24.9. The molecule has 0 saturated heterocycles. The molecule has 1 heterocycles. The molecule has 0 aromatic heterocycles. The molecule has 0 unspecified atom stereocenters. The van der Waals surface area contributed by atoms with E-state index in [9.17, 15) is 0 Å². The van der Waals surface area contributed by atoms with Gasteiger partial charge in [0.15, 0.2) is 0 Å². The third-order valence-electron chi connectivity index (χ3n) is 3.94. The summed E-state index contributed by atoms with van der Waals surface area (Å²) in [7, 11) is 0. The van der Waals surface area contributed by atoms with Crippen LogP contribution in [0.2, 0.25) is 0 Å². The van der Waals surface area contributed by atoms with Gasteiger partial charge in [-0.05, 0) is 31.9 Å². The number of rotatable bonds is 3. The highest BCUT2D eigenvalue weighted by Crippen LogP contribution is 2.39. The Morgan fingerprint density at radius 2 is 2.00 bits per heavy atom. The molecule has 0 aromatic rings. The van der Waals surface area contributed by atoms with Crippen molar-refractivity contribution in [3.8, 4) is 0 Å². The van der Waals surface area contributed by atoms with Crippen LogP contribution in [0, 0.1) is 0 Å². The second-order valence-corrected chi connectivity index (χ2v) is 6.36. The Bertz CT molecular complexity index is 244. The predicted octanol–water partition coefficient (Wildman–Crippen LogP) is 3.22. The van der Waals surface area contributed by atoms with Gasteiger partial charge in [-0.25, -0.2) is 0 Å². The second kappa shape index (κ2) is 5.95. The van der Waals surface area contributed by atoms with Crippen molar-refractivity contribution >= 4 is 17.6 Å². The number of aliphatic imine (C=N–C) groups is 1. The minimum absolute atomic E-state index is 0.509. The molecular formula is C13H24N2S. The maximum atomic E-state index is 4.65. The van der Waals surface area contributed by atoms with E-state index in [1.54, 1.807) is 0 Å². The summed E-state index contributed by atoms with van der Waals surface area (Å²) < 4.78 is 0.509. The lowest BCUT2D eigenvalue weighted by Crippen LogP contribution is -2.38. The van der Waals surface area contributed by atoms with Crippen LogP contribution >= 0.6 is 11.8 Å². The number of nitrogens with zero attached hydrogens (tertiary/aromatic N) is 1. The third-order valence-corrected chi connectivity index (χ3v) is 5.36. The molecule has 0 aromatic carbocycles. The molecular weight excluding hydrogens is 216 g/mol. The van der Waals surface area contributed by atoms with E-state index in [0.29, 0.717) is 4.75 Å². The van der Waals surface area contributed by atoms with E-state index in [-0.39, 0.29) is 0 Å². The highest BCUT2D eigenvalue weighted by Gasteiger charge is 2.32. The van der Waals surface area contributed by atoms with Gasteiger partial charge >= 0.3 is 0 Å². The van der Waals surface area contributed by atoms with Crippen LogP contribution < -0.4 is 5.32 Å². The first-order chi connectivity index (χ1) is 7.85. The Balaban J connectivity index is 1.82. The molecule has 0 radical (unpaired) electrons. The van der Waals surface area contributed by atoms with Crippen LogP contribution in [0.25, 0.3) is 0 Å². The molecule has 2 nitrogen and oxygen atoms in total. The summed E-state index contributed by atoms with van der Waals surface area (Å²) in [4.78, 5) is 4.65. The largest absolute Gasteiger partial charge is 0.372 e. The molecule has 92 valence electrons. The first kappa shape index (κ1) is 12.3. The van der Waals surface area contributed by atoms with Crippen molar-refractivity contribution in [2.45, 2.75) is 56.1 Å². The van der Waals surface area contributed by atoms with Gasteiger partial charge < -0.3 is 5.32 Å². The average Bonchev–Trinajstić information content (AvgIpc) is 2.63. The Hall–Kier alpha value is -0.180. The molecule has 1 saturated carbocycles. The molecule has 0 atom stereocenters. The van der Waals surface area contributed by atoms with E-state index < -0.39 is 0 Å². The zero-order valence-corrected chi connectivity index (χ0v) is 11.2. The monoisotopic (exact) mass is 240 g/mol. The third kappa shape index (κ3) is 3.16. The summed E-state index contributed by atoms with van der Waals surface area (Å²) >= 11 is 2.06. The molecule has 2 aliphatic rings. The molecule has 0 amide bonds. The van der Waals surface area contributed by atoms with Crippen molar-refractivity contribution in [1.82, 2.24) is 5.32 Å². The van der Waals surface area contributed by atoms with Crippen molar-refractivity contribution in [2.24, 2.45) is 4.99 Å². The first-order valence-electron chi connectivity index (χ1n) is 6.67. The molecule has 0 spiro atoms. The van der Waals surface area contributed by atoms with E-state index in [1.807, 2.05) is 0 Å². The maximum Gasteiger partial charge on any atom is 0.0963 e. The highest BCUT2D eigenvalue weighted by atomic mass is 32.2. The zero-order valence-electron chi connectivity index (χ0n) is 10.4. The van der Waals surface area contributed by atoms with E-state index in [0.717, 1.165) is 13.1 Å². The lowest BCUT2D eigenvalue weighted by Gasteiger charge is -2.27. The van der Waals surface area contributed by atoms with Gasteiger partial charge in [0.05, 0.1) is 5.84 Å². The maximum absolute atomic E-state index is 4.65. The molecule has 0 bridgehead atoms. The second-order valence-electron chi connectivity index (χ2n) is 5.09. The minimum Gasteiger partial charge on any atom is -0.372 e. The number of hydrogen-bond acceptors (Lipinski definition) is 3. The van der Waals surface area contributed by atoms with Crippen molar-refractivity contribution in [2.75, 3.05) is 19.3 Å². The number of nitrogens with one attached hydrogen (secondary N) is 1. The Kier molecular flexibility index (Phi) is 4.56. The molecule has 2 rings (SSSR count). The van der Waals surface area contributed by atoms with Crippen molar-refractivity contribution in [1.29, 1.82) is 0 Å². The molecule has 1 aliphatic heterocycles. The Morgan fingerprint density at radius 1 is 1.19 bits per heavy atom. The lowest BCUT2D eigenvalue weighted by molar-refractivity contribution is 0.587. The molecule has 1 fully saturated rings. The summed E-state index contributed by atoms with van der Waals surface area (Å²) in [5.74, 6) is 1.28. The topological polar surface area (TPSA) is 24.4 Å². The van der Waals surface area contributed by atoms with Gasteiger partial charge in [-0.15, -0.1) is 0 Å². The smallest absolute Gasteiger partial charge is 0.0963 e. The average molecular weight is 240 g/mol. The summed E-state index contributed by atoms with van der Waals surface area (Å²) in [6.07, 6.45) is 13.0. The Labute approximate surface area is 104 Å². The van der Waals surface area contributed by atoms with Gasteiger partial charge in [0.25, 0.3) is 0 Å². The molecule has 16 heavy (non-hydrogen) atoms. The van der Waals surface area contributed by atoms with E-state index in [2.05, 4.69) is 28.3 Å². The zero-order chi connectivity index (χ0) is 11.3. The fraction of sp³-hybridized carbons (Fsp3) is 0.923. The Morgan fingerprint density at radius 3 is 2.75 bits per heavy atom. The lowest BCUT2D eigenvalue weighted by atomic mass is 10.1. The van der Waals surface area contributed by atoms with E-state index in [4.69, 9.17) is 0 Å². The van der Waals surface area contributed by atoms with Gasteiger partial charge in [0, 0.05) is 24.3 Å². The van der Waals surface area contributed by atoms with Crippen LogP contribution in [0.15, 0.2) is 4.99 Å². The predicted molar refractivity (Wildman–Crippen MR) is 73.5 cm³/mol. The molecule has 3 heteroatoms. The summed E-state index contributed by atoms with van der Waals surface area (Å²) in [5, 5.41) is 3.62. The minimum atomic E-state index is 0.509. The number of thioether (sulfide) groups is 1. The van der Waals surface area contributed by atoms with Crippen LogP contribution in [-0.4, -0.2) is 29.9 Å². The molecule has 1 aliphatic carbocycles. The van der Waals surface area contributed by atoms with Gasteiger partial charge in [-0.1, -0.05) is 19.3 Å². The van der Waals surface area contributed by atoms with E-state index >= 15 is 0 Å². The van der Waals surface area contributed by atoms with Crippen molar-refractivity contribution in [3.05, 3.63) is 0 Å². The summed E-state index contributed by atoms with van der Waals surface area (Å²) in [5.41, 5.74) is 0. The van der Waals surface area contributed by atoms with E-state index in [1.165, 1.54) is 57.2 Å². The highest BCUT2D eigenvalue weighted by molar-refractivity contribution is 8.00. The summed E-state index contributed by atoms with van der Waals surface area (Å²) in [6, 6.07) is 0. The van der Waals surface area contributed by atoms with Crippen molar-refractivity contribution in [3.63, 3.8) is 0 Å². The fourth-order valence-corrected chi connectivity index (χ4v) is 3.67. The van der Waals surface area contributed by atoms with Crippen LogP contribution in [-0.2, 0) is 0 Å². The van der Waals surface area contributed by atoms with Crippen molar-refractivity contribution < 1.29 is 0 Å². The van der Waals surface area contributed by atoms with Gasteiger partial charge in [-0.3, -0.25) is 4.99 Å².